The van der Waals surface area contributed by atoms with Gasteiger partial charge >= 0.3 is 0 Å². The van der Waals surface area contributed by atoms with Gasteiger partial charge in [0.05, 0.1) is 25.0 Å². The van der Waals surface area contributed by atoms with Gasteiger partial charge in [0.25, 0.3) is 5.91 Å². The average Bonchev–Trinajstić information content (AvgIpc) is 2.91. The lowest BCUT2D eigenvalue weighted by Crippen LogP contribution is -2.29. The van der Waals surface area contributed by atoms with E-state index in [4.69, 9.17) is 9.47 Å². The Bertz CT molecular complexity index is 1500. The SMILES string of the molecule is Cc1ccc(OCCNC(=O)c2ccc(CN(c3ccc(Oc4ccccc4)cc3)S(C)(=O)=O)cc2)c(C)c1. The number of nitrogens with zero attached hydrogens (tertiary/aromatic N) is 1. The number of benzene rings is 4. The van der Waals surface area contributed by atoms with Crippen LogP contribution in [0.3, 0.4) is 0 Å². The third kappa shape index (κ3) is 7.85. The van der Waals surface area contributed by atoms with Crippen molar-refractivity contribution in [3.05, 3.63) is 119 Å². The molecule has 4 aromatic carbocycles. The monoisotopic (exact) mass is 544 g/mol. The Labute approximate surface area is 230 Å². The maximum Gasteiger partial charge on any atom is 0.251 e. The number of amides is 1. The highest BCUT2D eigenvalue weighted by molar-refractivity contribution is 7.92. The first kappa shape index (κ1) is 27.7. The Morgan fingerprint density at radius 2 is 1.51 bits per heavy atom. The van der Waals surface area contributed by atoms with E-state index in [0.717, 1.165) is 16.9 Å². The molecule has 0 aromatic heterocycles. The van der Waals surface area contributed by atoms with Crippen molar-refractivity contribution in [2.45, 2.75) is 20.4 Å². The summed E-state index contributed by atoms with van der Waals surface area (Å²) in [5.74, 6) is 1.88. The van der Waals surface area contributed by atoms with Gasteiger partial charge in [-0.15, -0.1) is 0 Å². The Hall–Kier alpha value is -4.30. The maximum absolute atomic E-state index is 12.6. The number of nitrogens with one attached hydrogen (secondary N) is 1. The lowest BCUT2D eigenvalue weighted by Gasteiger charge is -2.23. The van der Waals surface area contributed by atoms with Gasteiger partial charge in [0, 0.05) is 5.56 Å². The zero-order valence-corrected chi connectivity index (χ0v) is 23.1. The molecular formula is C31H32N2O5S. The molecule has 0 aliphatic heterocycles. The molecule has 1 amide bonds. The van der Waals surface area contributed by atoms with Gasteiger partial charge in [0.2, 0.25) is 10.0 Å². The Balaban J connectivity index is 1.34. The van der Waals surface area contributed by atoms with Gasteiger partial charge in [-0.2, -0.15) is 0 Å². The number of rotatable bonds is 11. The summed E-state index contributed by atoms with van der Waals surface area (Å²) < 4.78 is 38.1. The number of carbonyl (C=O) groups is 1. The van der Waals surface area contributed by atoms with Gasteiger partial charge in [-0.05, 0) is 79.6 Å². The second kappa shape index (κ2) is 12.5. The summed E-state index contributed by atoms with van der Waals surface area (Å²) >= 11 is 0. The highest BCUT2D eigenvalue weighted by Crippen LogP contribution is 2.27. The third-order valence-corrected chi connectivity index (χ3v) is 7.16. The zero-order chi connectivity index (χ0) is 27.8. The van der Waals surface area contributed by atoms with Crippen molar-refractivity contribution in [3.63, 3.8) is 0 Å². The van der Waals surface area contributed by atoms with Crippen LogP contribution in [0.5, 0.6) is 17.2 Å². The van der Waals surface area contributed by atoms with Gasteiger partial charge in [-0.25, -0.2) is 8.42 Å². The second-order valence-electron chi connectivity index (χ2n) is 9.25. The lowest BCUT2D eigenvalue weighted by molar-refractivity contribution is 0.0947. The van der Waals surface area contributed by atoms with Gasteiger partial charge in [0.15, 0.2) is 0 Å². The largest absolute Gasteiger partial charge is 0.491 e. The summed E-state index contributed by atoms with van der Waals surface area (Å²) in [6, 6.07) is 29.1. The third-order valence-electron chi connectivity index (χ3n) is 6.02. The second-order valence-corrected chi connectivity index (χ2v) is 11.2. The van der Waals surface area contributed by atoms with Crippen molar-refractivity contribution in [3.8, 4) is 17.2 Å². The summed E-state index contributed by atoms with van der Waals surface area (Å²) in [5, 5.41) is 2.85. The number of para-hydroxylation sites is 1. The van der Waals surface area contributed by atoms with Crippen molar-refractivity contribution in [2.24, 2.45) is 0 Å². The van der Waals surface area contributed by atoms with E-state index < -0.39 is 10.0 Å². The molecule has 0 fully saturated rings. The molecule has 0 aliphatic rings. The maximum atomic E-state index is 12.6. The number of anilines is 1. The van der Waals surface area contributed by atoms with Crippen molar-refractivity contribution < 1.29 is 22.7 Å². The van der Waals surface area contributed by atoms with Crippen LogP contribution in [0, 0.1) is 13.8 Å². The van der Waals surface area contributed by atoms with Crippen LogP contribution < -0.4 is 19.1 Å². The van der Waals surface area contributed by atoms with E-state index in [1.807, 2.05) is 56.3 Å². The first-order valence-electron chi connectivity index (χ1n) is 12.6. The molecule has 7 nitrogen and oxygen atoms in total. The van der Waals surface area contributed by atoms with E-state index in [2.05, 4.69) is 11.4 Å². The summed E-state index contributed by atoms with van der Waals surface area (Å²) in [6.45, 7) is 4.86. The van der Waals surface area contributed by atoms with Crippen LogP contribution in [-0.4, -0.2) is 33.7 Å². The molecule has 0 bridgehead atoms. The zero-order valence-electron chi connectivity index (χ0n) is 22.3. The molecule has 8 heteroatoms. The standard InChI is InChI=1S/C31H32N2O5S/c1-23-9-18-30(24(2)21-23)37-20-19-32-31(34)26-12-10-25(11-13-26)22-33(39(3,35)36)27-14-16-29(17-15-27)38-28-7-5-4-6-8-28/h4-18,21H,19-20,22H2,1-3H3,(H,32,34). The molecule has 0 unspecified atom stereocenters. The molecule has 0 radical (unpaired) electrons. The fraction of sp³-hybridized carbons (Fsp3) is 0.194. The van der Waals surface area contributed by atoms with Gasteiger partial charge in [-0.1, -0.05) is 48.0 Å². The van der Waals surface area contributed by atoms with Crippen LogP contribution in [0.15, 0.2) is 97.1 Å². The molecule has 0 saturated heterocycles. The highest BCUT2D eigenvalue weighted by Gasteiger charge is 2.18. The molecule has 0 atom stereocenters. The van der Waals surface area contributed by atoms with Gasteiger partial charge < -0.3 is 14.8 Å². The summed E-state index contributed by atoms with van der Waals surface area (Å²) in [7, 11) is -3.56. The first-order valence-corrected chi connectivity index (χ1v) is 14.4. The van der Waals surface area contributed by atoms with E-state index in [9.17, 15) is 13.2 Å². The molecule has 202 valence electrons. The summed E-state index contributed by atoms with van der Waals surface area (Å²) in [5.41, 5.74) is 3.97. The van der Waals surface area contributed by atoms with Crippen LogP contribution in [0.2, 0.25) is 0 Å². The molecule has 0 heterocycles. The van der Waals surface area contributed by atoms with Crippen molar-refractivity contribution in [1.29, 1.82) is 0 Å². The predicted molar refractivity (Wildman–Crippen MR) is 154 cm³/mol. The fourth-order valence-electron chi connectivity index (χ4n) is 4.02. The highest BCUT2D eigenvalue weighted by atomic mass is 32.2. The van der Waals surface area contributed by atoms with Gasteiger partial charge in [-0.3, -0.25) is 9.10 Å². The van der Waals surface area contributed by atoms with Crippen molar-refractivity contribution >= 4 is 21.6 Å². The number of carbonyl (C=O) groups excluding carboxylic acids is 1. The molecule has 0 spiro atoms. The summed E-state index contributed by atoms with van der Waals surface area (Å²) in [4.78, 5) is 12.6. The van der Waals surface area contributed by atoms with Crippen LogP contribution in [0.4, 0.5) is 5.69 Å². The quantitative estimate of drug-likeness (QED) is 0.239. The lowest BCUT2D eigenvalue weighted by atomic mass is 10.1. The number of ether oxygens (including phenoxy) is 2. The molecule has 0 aliphatic carbocycles. The molecule has 4 aromatic rings. The van der Waals surface area contributed by atoms with Crippen LogP contribution in [0.1, 0.15) is 27.0 Å². The van der Waals surface area contributed by atoms with Crippen LogP contribution in [0.25, 0.3) is 0 Å². The predicted octanol–water partition coefficient (Wildman–Crippen LogP) is 5.87. The molecule has 39 heavy (non-hydrogen) atoms. The fourth-order valence-corrected chi connectivity index (χ4v) is 4.91. The van der Waals surface area contributed by atoms with Crippen molar-refractivity contribution in [2.75, 3.05) is 23.7 Å². The summed E-state index contributed by atoms with van der Waals surface area (Å²) in [6.07, 6.45) is 1.17. The minimum atomic E-state index is -3.56. The average molecular weight is 545 g/mol. The molecule has 4 rings (SSSR count). The number of sulfonamides is 1. The Morgan fingerprint density at radius 3 is 2.15 bits per heavy atom. The Kier molecular flexibility index (Phi) is 8.88. The Morgan fingerprint density at radius 1 is 0.846 bits per heavy atom. The number of hydrogen-bond donors (Lipinski definition) is 1. The van der Waals surface area contributed by atoms with Crippen LogP contribution >= 0.6 is 0 Å². The smallest absolute Gasteiger partial charge is 0.251 e. The minimum Gasteiger partial charge on any atom is -0.491 e. The van der Waals surface area contributed by atoms with E-state index in [1.165, 1.54) is 16.1 Å². The van der Waals surface area contributed by atoms with E-state index in [-0.39, 0.29) is 12.5 Å². The van der Waals surface area contributed by atoms with Gasteiger partial charge in [0.1, 0.15) is 23.9 Å². The number of aryl methyl sites for hydroxylation is 2. The minimum absolute atomic E-state index is 0.128. The van der Waals surface area contributed by atoms with E-state index >= 15 is 0 Å². The molecular weight excluding hydrogens is 512 g/mol. The number of hydrogen-bond acceptors (Lipinski definition) is 5. The van der Waals surface area contributed by atoms with Crippen molar-refractivity contribution in [1.82, 2.24) is 5.32 Å². The normalized spacial score (nSPS) is 11.1. The molecule has 1 N–H and O–H groups in total. The van der Waals surface area contributed by atoms with Crippen LogP contribution in [-0.2, 0) is 16.6 Å². The first-order chi connectivity index (χ1) is 18.7. The van der Waals surface area contributed by atoms with E-state index in [0.29, 0.717) is 35.9 Å². The molecule has 0 saturated carbocycles. The van der Waals surface area contributed by atoms with E-state index in [1.54, 1.807) is 48.5 Å². The topological polar surface area (TPSA) is 84.9 Å².